The van der Waals surface area contributed by atoms with Gasteiger partial charge in [0.1, 0.15) is 5.76 Å². The highest BCUT2D eigenvalue weighted by Gasteiger charge is 2.28. The zero-order valence-corrected chi connectivity index (χ0v) is 18.9. The molecular weight excluding hydrogens is 416 g/mol. The van der Waals surface area contributed by atoms with Crippen molar-refractivity contribution in [1.29, 1.82) is 0 Å². The highest BCUT2D eigenvalue weighted by molar-refractivity contribution is 6.35. The number of carbonyl (C=O) groups is 2. The quantitative estimate of drug-likeness (QED) is 0.546. The predicted octanol–water partition coefficient (Wildman–Crippen LogP) is 2.88. The molecule has 1 aliphatic rings. The summed E-state index contributed by atoms with van der Waals surface area (Å²) in [7, 11) is 0. The maximum atomic E-state index is 12.4. The maximum Gasteiger partial charge on any atom is 0.309 e. The zero-order chi connectivity index (χ0) is 23.0. The Balaban J connectivity index is 1.31. The van der Waals surface area contributed by atoms with Gasteiger partial charge in [0, 0.05) is 45.0 Å². The molecule has 1 fully saturated rings. The summed E-state index contributed by atoms with van der Waals surface area (Å²) in [6.07, 6.45) is 1.64. The molecule has 33 heavy (non-hydrogen) atoms. The standard InChI is InChI=1S/C26H30N4O3/c1-20-9-11-21(12-10-20)18-27-25(31)26(32)28-19-23(24-8-5-17-33-24)30-15-13-29(14-16-30)22-6-3-2-4-7-22/h2-12,17,23H,13-16,18-19H2,1H3,(H,27,31)(H,28,32)/t23-/m0/s1. The second kappa shape index (κ2) is 10.8. The van der Waals surface area contributed by atoms with E-state index in [-0.39, 0.29) is 6.04 Å². The fraction of sp³-hybridized carbons (Fsp3) is 0.308. The number of carbonyl (C=O) groups excluding carboxylic acids is 2. The summed E-state index contributed by atoms with van der Waals surface area (Å²) in [6, 6.07) is 21.8. The van der Waals surface area contributed by atoms with E-state index in [1.165, 1.54) is 5.69 Å². The molecule has 1 aliphatic heterocycles. The van der Waals surface area contributed by atoms with E-state index in [0.29, 0.717) is 13.1 Å². The number of rotatable bonds is 7. The second-order valence-electron chi connectivity index (χ2n) is 8.27. The van der Waals surface area contributed by atoms with Gasteiger partial charge in [-0.3, -0.25) is 14.5 Å². The SMILES string of the molecule is Cc1ccc(CNC(=O)C(=O)NC[C@@H](c2ccco2)N2CCN(c3ccccc3)CC2)cc1. The van der Waals surface area contributed by atoms with E-state index in [9.17, 15) is 9.59 Å². The lowest BCUT2D eigenvalue weighted by molar-refractivity contribution is -0.139. The fourth-order valence-electron chi connectivity index (χ4n) is 4.06. The smallest absolute Gasteiger partial charge is 0.309 e. The van der Waals surface area contributed by atoms with Crippen LogP contribution in [-0.4, -0.2) is 49.4 Å². The molecule has 0 bridgehead atoms. The molecule has 172 valence electrons. The van der Waals surface area contributed by atoms with Gasteiger partial charge >= 0.3 is 11.8 Å². The van der Waals surface area contributed by atoms with E-state index in [4.69, 9.17) is 4.42 Å². The minimum absolute atomic E-state index is 0.133. The lowest BCUT2D eigenvalue weighted by Crippen LogP contribution is -2.50. The number of benzene rings is 2. The Morgan fingerprint density at radius 2 is 1.58 bits per heavy atom. The molecule has 7 heteroatoms. The van der Waals surface area contributed by atoms with Crippen LogP contribution in [0.4, 0.5) is 5.69 Å². The van der Waals surface area contributed by atoms with Crippen LogP contribution in [0.5, 0.6) is 0 Å². The van der Waals surface area contributed by atoms with E-state index in [0.717, 1.165) is 43.1 Å². The third-order valence-corrected chi connectivity index (χ3v) is 5.98. The van der Waals surface area contributed by atoms with Crippen molar-refractivity contribution in [1.82, 2.24) is 15.5 Å². The highest BCUT2D eigenvalue weighted by atomic mass is 16.3. The average Bonchev–Trinajstić information content (AvgIpc) is 3.39. The van der Waals surface area contributed by atoms with Crippen molar-refractivity contribution in [3.05, 3.63) is 89.9 Å². The van der Waals surface area contributed by atoms with Crippen LogP contribution >= 0.6 is 0 Å². The second-order valence-corrected chi connectivity index (χ2v) is 8.27. The van der Waals surface area contributed by atoms with Gasteiger partial charge in [0.15, 0.2) is 0 Å². The molecule has 4 rings (SSSR count). The van der Waals surface area contributed by atoms with Gasteiger partial charge in [-0.2, -0.15) is 0 Å². The molecule has 1 atom stereocenters. The van der Waals surface area contributed by atoms with Crippen molar-refractivity contribution in [2.24, 2.45) is 0 Å². The highest BCUT2D eigenvalue weighted by Crippen LogP contribution is 2.24. The van der Waals surface area contributed by atoms with Gasteiger partial charge in [-0.25, -0.2) is 0 Å². The monoisotopic (exact) mass is 446 g/mol. The largest absolute Gasteiger partial charge is 0.468 e. The van der Waals surface area contributed by atoms with Gasteiger partial charge in [0.2, 0.25) is 0 Å². The molecule has 0 saturated carbocycles. The Morgan fingerprint density at radius 3 is 2.24 bits per heavy atom. The number of para-hydroxylation sites is 1. The molecule has 0 aliphatic carbocycles. The number of nitrogens with zero attached hydrogens (tertiary/aromatic N) is 2. The summed E-state index contributed by atoms with van der Waals surface area (Å²) in [5.74, 6) is -0.493. The third kappa shape index (κ3) is 6.02. The molecule has 0 unspecified atom stereocenters. The van der Waals surface area contributed by atoms with Crippen molar-refractivity contribution in [2.45, 2.75) is 19.5 Å². The molecule has 2 N–H and O–H groups in total. The van der Waals surface area contributed by atoms with Crippen LogP contribution in [0.25, 0.3) is 0 Å². The summed E-state index contributed by atoms with van der Waals surface area (Å²) in [6.45, 7) is 6.04. The number of aryl methyl sites for hydroxylation is 1. The Morgan fingerprint density at radius 1 is 0.879 bits per heavy atom. The molecule has 3 aromatic rings. The van der Waals surface area contributed by atoms with Crippen molar-refractivity contribution in [3.8, 4) is 0 Å². The molecule has 2 heterocycles. The summed E-state index contributed by atoms with van der Waals surface area (Å²) in [5.41, 5.74) is 3.31. The average molecular weight is 447 g/mol. The van der Waals surface area contributed by atoms with Crippen LogP contribution < -0.4 is 15.5 Å². The number of amides is 2. The van der Waals surface area contributed by atoms with Crippen LogP contribution in [0.3, 0.4) is 0 Å². The number of nitrogens with one attached hydrogen (secondary N) is 2. The topological polar surface area (TPSA) is 77.8 Å². The van der Waals surface area contributed by atoms with Gasteiger partial charge in [0.05, 0.1) is 12.3 Å². The molecule has 1 saturated heterocycles. The fourth-order valence-corrected chi connectivity index (χ4v) is 4.06. The van der Waals surface area contributed by atoms with Gasteiger partial charge in [0.25, 0.3) is 0 Å². The van der Waals surface area contributed by atoms with Gasteiger partial charge in [-0.15, -0.1) is 0 Å². The van der Waals surface area contributed by atoms with Crippen molar-refractivity contribution < 1.29 is 14.0 Å². The molecule has 1 aromatic heterocycles. The van der Waals surface area contributed by atoms with E-state index in [1.807, 2.05) is 61.5 Å². The first-order valence-corrected chi connectivity index (χ1v) is 11.3. The van der Waals surface area contributed by atoms with E-state index < -0.39 is 11.8 Å². The van der Waals surface area contributed by atoms with Crippen LogP contribution in [0, 0.1) is 6.92 Å². The number of hydrogen-bond donors (Lipinski definition) is 2. The number of furan rings is 1. The lowest BCUT2D eigenvalue weighted by Gasteiger charge is -2.39. The van der Waals surface area contributed by atoms with E-state index in [1.54, 1.807) is 6.26 Å². The van der Waals surface area contributed by atoms with Crippen LogP contribution in [0.1, 0.15) is 22.9 Å². The van der Waals surface area contributed by atoms with Crippen molar-refractivity contribution in [3.63, 3.8) is 0 Å². The minimum atomic E-state index is -0.637. The summed E-state index contributed by atoms with van der Waals surface area (Å²) >= 11 is 0. The summed E-state index contributed by atoms with van der Waals surface area (Å²) in [4.78, 5) is 29.4. The number of anilines is 1. The number of hydrogen-bond acceptors (Lipinski definition) is 5. The van der Waals surface area contributed by atoms with Crippen molar-refractivity contribution >= 4 is 17.5 Å². The normalized spacial score (nSPS) is 15.1. The lowest BCUT2D eigenvalue weighted by atomic mass is 10.1. The first-order chi connectivity index (χ1) is 16.1. The van der Waals surface area contributed by atoms with E-state index in [2.05, 4.69) is 32.6 Å². The Kier molecular flexibility index (Phi) is 7.42. The summed E-state index contributed by atoms with van der Waals surface area (Å²) < 4.78 is 5.66. The molecule has 0 spiro atoms. The number of piperazine rings is 1. The third-order valence-electron chi connectivity index (χ3n) is 5.98. The molecular formula is C26H30N4O3. The van der Waals surface area contributed by atoms with Gasteiger partial charge in [-0.05, 0) is 36.8 Å². The zero-order valence-electron chi connectivity index (χ0n) is 18.9. The van der Waals surface area contributed by atoms with Crippen LogP contribution in [-0.2, 0) is 16.1 Å². The Bertz CT molecular complexity index is 1030. The first kappa shape index (κ1) is 22.6. The molecule has 2 aromatic carbocycles. The molecule has 7 nitrogen and oxygen atoms in total. The Labute approximate surface area is 194 Å². The summed E-state index contributed by atoms with van der Waals surface area (Å²) in [5, 5.41) is 5.48. The first-order valence-electron chi connectivity index (χ1n) is 11.3. The van der Waals surface area contributed by atoms with Crippen LogP contribution in [0.2, 0.25) is 0 Å². The van der Waals surface area contributed by atoms with E-state index >= 15 is 0 Å². The van der Waals surface area contributed by atoms with Gasteiger partial charge < -0.3 is 20.0 Å². The predicted molar refractivity (Wildman–Crippen MR) is 128 cm³/mol. The molecule has 0 radical (unpaired) electrons. The van der Waals surface area contributed by atoms with Gasteiger partial charge in [-0.1, -0.05) is 48.0 Å². The molecule has 2 amide bonds. The Hall–Kier alpha value is -3.58. The van der Waals surface area contributed by atoms with Crippen molar-refractivity contribution in [2.75, 3.05) is 37.6 Å². The maximum absolute atomic E-state index is 12.4. The minimum Gasteiger partial charge on any atom is -0.468 e. The van der Waals surface area contributed by atoms with Crippen LogP contribution in [0.15, 0.2) is 77.4 Å².